The van der Waals surface area contributed by atoms with Crippen molar-refractivity contribution in [3.8, 4) is 0 Å². The molecule has 6 heteroatoms. The van der Waals surface area contributed by atoms with E-state index in [1.165, 1.54) is 6.42 Å². The molecular formula is C10H21NO4S. The van der Waals surface area contributed by atoms with Crippen molar-refractivity contribution in [2.45, 2.75) is 38.1 Å². The van der Waals surface area contributed by atoms with Gasteiger partial charge in [-0.25, -0.2) is 13.1 Å². The molecule has 0 saturated heterocycles. The third-order valence-electron chi connectivity index (χ3n) is 2.97. The fourth-order valence-corrected chi connectivity index (χ4v) is 3.81. The minimum absolute atomic E-state index is 0.115. The Bertz CT molecular complexity index is 281. The largest absolute Gasteiger partial charge is 0.395 e. The zero-order chi connectivity index (χ0) is 12.0. The zero-order valence-electron chi connectivity index (χ0n) is 9.43. The molecule has 96 valence electrons. The number of hydrogen-bond donors (Lipinski definition) is 3. The third-order valence-corrected chi connectivity index (χ3v) is 4.57. The molecule has 1 aliphatic rings. The summed E-state index contributed by atoms with van der Waals surface area (Å²) < 4.78 is 25.7. The average molecular weight is 251 g/mol. The number of nitrogens with one attached hydrogen (secondary N) is 1. The fourth-order valence-electron chi connectivity index (χ4n) is 2.10. The van der Waals surface area contributed by atoms with Gasteiger partial charge in [0, 0.05) is 0 Å². The summed E-state index contributed by atoms with van der Waals surface area (Å²) in [6.45, 7) is -0.749. The van der Waals surface area contributed by atoms with Gasteiger partial charge in [-0.3, -0.25) is 0 Å². The van der Waals surface area contributed by atoms with E-state index in [2.05, 4.69) is 4.72 Å². The molecule has 1 aliphatic carbocycles. The smallest absolute Gasteiger partial charge is 0.212 e. The molecule has 3 N–H and O–H groups in total. The lowest BCUT2D eigenvalue weighted by atomic mass is 9.91. The van der Waals surface area contributed by atoms with Crippen molar-refractivity contribution >= 4 is 10.0 Å². The monoisotopic (exact) mass is 251 g/mol. The summed E-state index contributed by atoms with van der Waals surface area (Å²) in [5.74, 6) is 0.341. The van der Waals surface area contributed by atoms with Crippen molar-refractivity contribution in [1.29, 1.82) is 0 Å². The first-order chi connectivity index (χ1) is 7.57. The Morgan fingerprint density at radius 1 is 1.12 bits per heavy atom. The molecule has 1 saturated carbocycles. The second kappa shape index (κ2) is 6.54. The van der Waals surface area contributed by atoms with Crippen LogP contribution in [0.2, 0.25) is 0 Å². The van der Waals surface area contributed by atoms with Gasteiger partial charge in [-0.2, -0.15) is 0 Å². The molecule has 0 aromatic heterocycles. The first-order valence-corrected chi connectivity index (χ1v) is 7.44. The summed E-state index contributed by atoms with van der Waals surface area (Å²) in [6.07, 6.45) is 5.32. The molecule has 5 nitrogen and oxygen atoms in total. The Kier molecular flexibility index (Phi) is 5.68. The van der Waals surface area contributed by atoms with E-state index in [1.807, 2.05) is 0 Å². The lowest BCUT2D eigenvalue weighted by Gasteiger charge is -2.22. The average Bonchev–Trinajstić information content (AvgIpc) is 2.26. The standard InChI is InChI=1S/C10H21NO4S/c12-6-10(7-13)11-16(14,15)8-9-4-2-1-3-5-9/h9-13H,1-8H2. The first kappa shape index (κ1) is 13.9. The van der Waals surface area contributed by atoms with Crippen LogP contribution in [-0.2, 0) is 10.0 Å². The maximum Gasteiger partial charge on any atom is 0.212 e. The highest BCUT2D eigenvalue weighted by atomic mass is 32.2. The third kappa shape index (κ3) is 4.78. The Labute approximate surface area is 96.9 Å². The molecule has 0 unspecified atom stereocenters. The van der Waals surface area contributed by atoms with Crippen LogP contribution in [0.25, 0.3) is 0 Å². The van der Waals surface area contributed by atoms with Crippen molar-refractivity contribution < 1.29 is 18.6 Å². The van der Waals surface area contributed by atoms with Crippen LogP contribution in [0.15, 0.2) is 0 Å². The van der Waals surface area contributed by atoms with Gasteiger partial charge in [0.15, 0.2) is 0 Å². The quantitative estimate of drug-likeness (QED) is 0.612. The van der Waals surface area contributed by atoms with Crippen LogP contribution in [-0.4, -0.2) is 43.6 Å². The molecule has 16 heavy (non-hydrogen) atoms. The SMILES string of the molecule is O=S(=O)(CC1CCCCC1)NC(CO)CO. The second-order valence-corrected chi connectivity index (χ2v) is 6.26. The van der Waals surface area contributed by atoms with E-state index >= 15 is 0 Å². The van der Waals surface area contributed by atoms with Gasteiger partial charge in [-0.15, -0.1) is 0 Å². The number of hydrogen-bond acceptors (Lipinski definition) is 4. The summed E-state index contributed by atoms with van der Waals surface area (Å²) in [4.78, 5) is 0. The van der Waals surface area contributed by atoms with E-state index in [4.69, 9.17) is 10.2 Å². The summed E-state index contributed by atoms with van der Waals surface area (Å²) >= 11 is 0. The van der Waals surface area contributed by atoms with Gasteiger partial charge in [0.2, 0.25) is 10.0 Å². The topological polar surface area (TPSA) is 86.6 Å². The molecule has 0 aromatic rings. The van der Waals surface area contributed by atoms with Gasteiger partial charge in [-0.05, 0) is 18.8 Å². The molecule has 0 radical (unpaired) electrons. The molecular weight excluding hydrogens is 230 g/mol. The van der Waals surface area contributed by atoms with Crippen LogP contribution >= 0.6 is 0 Å². The van der Waals surface area contributed by atoms with Gasteiger partial charge >= 0.3 is 0 Å². The van der Waals surface area contributed by atoms with Crippen molar-refractivity contribution in [3.63, 3.8) is 0 Å². The van der Waals surface area contributed by atoms with Gasteiger partial charge in [0.05, 0.1) is 25.0 Å². The van der Waals surface area contributed by atoms with Crippen LogP contribution in [0.5, 0.6) is 0 Å². The lowest BCUT2D eigenvalue weighted by molar-refractivity contribution is 0.184. The molecule has 0 spiro atoms. The number of aliphatic hydroxyl groups is 2. The van der Waals surface area contributed by atoms with Crippen molar-refractivity contribution in [2.24, 2.45) is 5.92 Å². The van der Waals surface area contributed by atoms with E-state index < -0.39 is 16.1 Å². The fraction of sp³-hybridized carbons (Fsp3) is 1.00. The van der Waals surface area contributed by atoms with Crippen LogP contribution < -0.4 is 4.72 Å². The van der Waals surface area contributed by atoms with Crippen LogP contribution in [0.1, 0.15) is 32.1 Å². The molecule has 0 aromatic carbocycles. The second-order valence-electron chi connectivity index (χ2n) is 4.47. The van der Waals surface area contributed by atoms with Gasteiger partial charge in [0.1, 0.15) is 0 Å². The highest BCUT2D eigenvalue weighted by Gasteiger charge is 2.23. The Morgan fingerprint density at radius 3 is 2.19 bits per heavy atom. The minimum atomic E-state index is -3.37. The molecule has 0 atom stereocenters. The van der Waals surface area contributed by atoms with E-state index in [0.29, 0.717) is 0 Å². The summed E-state index contributed by atoms with van der Waals surface area (Å²) in [5, 5.41) is 17.6. The lowest BCUT2D eigenvalue weighted by Crippen LogP contribution is -2.42. The van der Waals surface area contributed by atoms with Crippen LogP contribution in [0.3, 0.4) is 0 Å². The highest BCUT2D eigenvalue weighted by molar-refractivity contribution is 7.89. The van der Waals surface area contributed by atoms with E-state index in [0.717, 1.165) is 25.7 Å². The number of aliphatic hydroxyl groups excluding tert-OH is 2. The maximum atomic E-state index is 11.7. The van der Waals surface area contributed by atoms with Crippen LogP contribution in [0.4, 0.5) is 0 Å². The Hall–Kier alpha value is -0.170. The minimum Gasteiger partial charge on any atom is -0.395 e. The Balaban J connectivity index is 2.43. The number of rotatable bonds is 6. The summed E-state index contributed by atoms with van der Waals surface area (Å²) in [5.41, 5.74) is 0. The molecule has 0 heterocycles. The number of sulfonamides is 1. The van der Waals surface area contributed by atoms with Crippen molar-refractivity contribution in [3.05, 3.63) is 0 Å². The van der Waals surface area contributed by atoms with E-state index in [-0.39, 0.29) is 24.9 Å². The first-order valence-electron chi connectivity index (χ1n) is 5.79. The molecule has 0 aliphatic heterocycles. The molecule has 0 amide bonds. The Morgan fingerprint density at radius 2 is 1.69 bits per heavy atom. The maximum absolute atomic E-state index is 11.7. The van der Waals surface area contributed by atoms with E-state index in [1.54, 1.807) is 0 Å². The van der Waals surface area contributed by atoms with Crippen LogP contribution in [0, 0.1) is 5.92 Å². The predicted molar refractivity (Wildman–Crippen MR) is 61.5 cm³/mol. The molecule has 0 bridgehead atoms. The molecule has 1 rings (SSSR count). The van der Waals surface area contributed by atoms with Crippen molar-refractivity contribution in [2.75, 3.05) is 19.0 Å². The van der Waals surface area contributed by atoms with Gasteiger partial charge in [-0.1, -0.05) is 19.3 Å². The molecule has 1 fully saturated rings. The van der Waals surface area contributed by atoms with Gasteiger partial charge in [0.25, 0.3) is 0 Å². The summed E-state index contributed by atoms with van der Waals surface area (Å²) in [6, 6.07) is -0.770. The predicted octanol–water partition coefficient (Wildman–Crippen LogP) is -0.161. The normalized spacial score (nSPS) is 19.2. The van der Waals surface area contributed by atoms with Crippen molar-refractivity contribution in [1.82, 2.24) is 4.72 Å². The highest BCUT2D eigenvalue weighted by Crippen LogP contribution is 2.24. The van der Waals surface area contributed by atoms with Gasteiger partial charge < -0.3 is 10.2 Å². The van der Waals surface area contributed by atoms with E-state index in [9.17, 15) is 8.42 Å². The zero-order valence-corrected chi connectivity index (χ0v) is 10.2. The summed E-state index contributed by atoms with van der Waals surface area (Å²) in [7, 11) is -3.37.